The van der Waals surface area contributed by atoms with Gasteiger partial charge >= 0.3 is 12.4 Å². The number of hydrogen-bond donors (Lipinski definition) is 1. The Kier molecular flexibility index (Phi) is 6.54. The van der Waals surface area contributed by atoms with Crippen molar-refractivity contribution in [1.29, 1.82) is 0 Å². The number of sulfone groups is 1. The molecule has 3 aromatic rings. The highest BCUT2D eigenvalue weighted by Crippen LogP contribution is 2.32. The van der Waals surface area contributed by atoms with Gasteiger partial charge in [-0.1, -0.05) is 18.2 Å². The molecular formula is C20H15F6N3O3S. The van der Waals surface area contributed by atoms with Crippen LogP contribution < -0.4 is 5.32 Å². The number of amides is 1. The quantitative estimate of drug-likeness (QED) is 0.524. The predicted octanol–water partition coefficient (Wildman–Crippen LogP) is 4.23. The maximum Gasteiger partial charge on any atom is 0.416 e. The largest absolute Gasteiger partial charge is 0.416 e. The minimum absolute atomic E-state index is 0.248. The SMILES string of the molecule is O=C(NCc1cccc(S(=O)(=O)c2cccc(C(F)(F)F)c2)c1)c1ccnn1CC(F)(F)F. The fraction of sp³-hybridized carbons (Fsp3) is 0.200. The van der Waals surface area contributed by atoms with Gasteiger partial charge in [0.1, 0.15) is 12.2 Å². The zero-order valence-electron chi connectivity index (χ0n) is 16.5. The Labute approximate surface area is 183 Å². The molecule has 2 aromatic carbocycles. The number of nitrogens with one attached hydrogen (secondary N) is 1. The molecule has 0 saturated heterocycles. The first kappa shape index (κ1) is 24.3. The zero-order chi connectivity index (χ0) is 24.4. The first-order valence-corrected chi connectivity index (χ1v) is 10.6. The predicted molar refractivity (Wildman–Crippen MR) is 103 cm³/mol. The van der Waals surface area contributed by atoms with Crippen molar-refractivity contribution in [3.8, 4) is 0 Å². The molecule has 0 fully saturated rings. The van der Waals surface area contributed by atoms with Crippen molar-refractivity contribution >= 4 is 15.7 Å². The summed E-state index contributed by atoms with van der Waals surface area (Å²) in [7, 11) is -4.30. The van der Waals surface area contributed by atoms with Gasteiger partial charge < -0.3 is 5.32 Å². The first-order chi connectivity index (χ1) is 15.3. The highest BCUT2D eigenvalue weighted by Gasteiger charge is 2.32. The van der Waals surface area contributed by atoms with E-state index in [0.29, 0.717) is 10.7 Å². The lowest BCUT2D eigenvalue weighted by atomic mass is 10.2. The van der Waals surface area contributed by atoms with Gasteiger partial charge in [-0.15, -0.1) is 0 Å². The normalized spacial score (nSPS) is 12.5. The summed E-state index contributed by atoms with van der Waals surface area (Å²) in [6.07, 6.45) is -8.29. The summed E-state index contributed by atoms with van der Waals surface area (Å²) >= 11 is 0. The maximum atomic E-state index is 12.9. The van der Waals surface area contributed by atoms with Gasteiger partial charge in [-0.05, 0) is 42.0 Å². The van der Waals surface area contributed by atoms with Crippen molar-refractivity contribution in [2.45, 2.75) is 35.2 Å². The van der Waals surface area contributed by atoms with Crippen LogP contribution in [-0.2, 0) is 29.1 Å². The Morgan fingerprint density at radius 1 is 0.939 bits per heavy atom. The molecule has 1 aromatic heterocycles. The molecule has 6 nitrogen and oxygen atoms in total. The molecule has 13 heteroatoms. The molecule has 0 aliphatic heterocycles. The number of aromatic nitrogens is 2. The second kappa shape index (κ2) is 8.89. The van der Waals surface area contributed by atoms with Crippen LogP contribution in [0.15, 0.2) is 70.6 Å². The fourth-order valence-corrected chi connectivity index (χ4v) is 4.27. The van der Waals surface area contributed by atoms with Gasteiger partial charge in [0.25, 0.3) is 5.91 Å². The average Bonchev–Trinajstić information content (AvgIpc) is 3.18. The van der Waals surface area contributed by atoms with Crippen LogP contribution in [0.5, 0.6) is 0 Å². The van der Waals surface area contributed by atoms with E-state index in [4.69, 9.17) is 0 Å². The molecule has 0 unspecified atom stereocenters. The zero-order valence-corrected chi connectivity index (χ0v) is 17.3. The van der Waals surface area contributed by atoms with Gasteiger partial charge in [-0.25, -0.2) is 8.42 Å². The van der Waals surface area contributed by atoms with E-state index in [2.05, 4.69) is 10.4 Å². The lowest BCUT2D eigenvalue weighted by Gasteiger charge is -2.12. The molecular weight excluding hydrogens is 476 g/mol. The second-order valence-corrected chi connectivity index (χ2v) is 8.80. The van der Waals surface area contributed by atoms with Gasteiger partial charge in [-0.3, -0.25) is 9.48 Å². The maximum absolute atomic E-state index is 12.9. The van der Waals surface area contributed by atoms with Crippen LogP contribution in [0.4, 0.5) is 26.3 Å². The highest BCUT2D eigenvalue weighted by atomic mass is 32.2. The Morgan fingerprint density at radius 2 is 1.58 bits per heavy atom. The lowest BCUT2D eigenvalue weighted by molar-refractivity contribution is -0.142. The van der Waals surface area contributed by atoms with Crippen LogP contribution in [0, 0.1) is 0 Å². The lowest BCUT2D eigenvalue weighted by Crippen LogP contribution is -2.28. The van der Waals surface area contributed by atoms with E-state index >= 15 is 0 Å². The summed E-state index contributed by atoms with van der Waals surface area (Å²) < 4.78 is 103. The Bertz CT molecular complexity index is 1270. The molecule has 0 saturated carbocycles. The van der Waals surface area contributed by atoms with E-state index in [1.54, 1.807) is 0 Å². The highest BCUT2D eigenvalue weighted by molar-refractivity contribution is 7.91. The second-order valence-electron chi connectivity index (χ2n) is 6.85. The number of carbonyl (C=O) groups is 1. The molecule has 0 bridgehead atoms. The van der Waals surface area contributed by atoms with E-state index in [1.807, 2.05) is 0 Å². The number of nitrogens with zero attached hydrogens (tertiary/aromatic N) is 2. The van der Waals surface area contributed by atoms with Gasteiger partial charge in [0.15, 0.2) is 0 Å². The Hall–Kier alpha value is -3.35. The van der Waals surface area contributed by atoms with E-state index in [9.17, 15) is 39.6 Å². The molecule has 1 heterocycles. The van der Waals surface area contributed by atoms with Gasteiger partial charge in [0, 0.05) is 12.7 Å². The molecule has 0 spiro atoms. The number of halogens is 6. The van der Waals surface area contributed by atoms with Crippen molar-refractivity contribution in [1.82, 2.24) is 15.1 Å². The summed E-state index contributed by atoms with van der Waals surface area (Å²) in [6, 6.07) is 9.47. The third kappa shape index (κ3) is 5.92. The van der Waals surface area contributed by atoms with Crippen LogP contribution in [0.25, 0.3) is 0 Å². The molecule has 3 rings (SSSR count). The molecule has 0 aliphatic rings. The van der Waals surface area contributed by atoms with Crippen LogP contribution in [0.1, 0.15) is 21.6 Å². The molecule has 1 amide bonds. The number of carbonyl (C=O) groups excluding carboxylic acids is 1. The summed E-state index contributed by atoms with van der Waals surface area (Å²) in [6.45, 7) is -1.71. The molecule has 0 aliphatic carbocycles. The topological polar surface area (TPSA) is 81.1 Å². The van der Waals surface area contributed by atoms with Crippen molar-refractivity contribution in [3.05, 3.63) is 77.6 Å². The summed E-state index contributed by atoms with van der Waals surface area (Å²) in [4.78, 5) is 11.4. The molecule has 33 heavy (non-hydrogen) atoms. The third-order valence-electron chi connectivity index (χ3n) is 4.41. The Morgan fingerprint density at radius 3 is 2.21 bits per heavy atom. The van der Waals surface area contributed by atoms with Crippen molar-refractivity contribution in [2.24, 2.45) is 0 Å². The van der Waals surface area contributed by atoms with Crippen LogP contribution in [-0.4, -0.2) is 30.3 Å². The van der Waals surface area contributed by atoms with E-state index in [-0.39, 0.29) is 22.7 Å². The van der Waals surface area contributed by atoms with Gasteiger partial charge in [0.2, 0.25) is 9.84 Å². The average molecular weight is 491 g/mol. The molecule has 176 valence electrons. The van der Waals surface area contributed by atoms with E-state index in [1.165, 1.54) is 18.2 Å². The monoisotopic (exact) mass is 491 g/mol. The summed E-state index contributed by atoms with van der Waals surface area (Å²) in [5.74, 6) is -0.872. The third-order valence-corrected chi connectivity index (χ3v) is 6.16. The van der Waals surface area contributed by atoms with Crippen LogP contribution in [0.3, 0.4) is 0 Å². The summed E-state index contributed by atoms with van der Waals surface area (Å²) in [5, 5.41) is 5.82. The molecule has 0 radical (unpaired) electrons. The fourth-order valence-electron chi connectivity index (χ4n) is 2.89. The first-order valence-electron chi connectivity index (χ1n) is 9.15. The van der Waals surface area contributed by atoms with Gasteiger partial charge in [0.05, 0.1) is 15.4 Å². The van der Waals surface area contributed by atoms with E-state index in [0.717, 1.165) is 36.5 Å². The molecule has 0 atom stereocenters. The molecule has 1 N–H and O–H groups in total. The Balaban J connectivity index is 1.78. The number of alkyl halides is 6. The minimum atomic E-state index is -4.73. The number of hydrogen-bond acceptors (Lipinski definition) is 4. The minimum Gasteiger partial charge on any atom is -0.347 e. The smallest absolute Gasteiger partial charge is 0.347 e. The van der Waals surface area contributed by atoms with Crippen molar-refractivity contribution < 1.29 is 39.6 Å². The van der Waals surface area contributed by atoms with E-state index < -0.39 is 45.1 Å². The summed E-state index contributed by atoms with van der Waals surface area (Å²) in [5.41, 5.74) is -1.21. The van der Waals surface area contributed by atoms with Crippen molar-refractivity contribution in [3.63, 3.8) is 0 Å². The van der Waals surface area contributed by atoms with Crippen LogP contribution in [0.2, 0.25) is 0 Å². The van der Waals surface area contributed by atoms with Gasteiger partial charge in [-0.2, -0.15) is 31.4 Å². The van der Waals surface area contributed by atoms with Crippen molar-refractivity contribution in [2.75, 3.05) is 0 Å². The standard InChI is InChI=1S/C20H15F6N3O3S/c21-19(22,23)12-29-17(7-8-28-29)18(30)27-11-13-3-1-5-15(9-13)33(31,32)16-6-2-4-14(10-16)20(24,25)26/h1-10H,11-12H2,(H,27,30). The number of benzene rings is 2. The van der Waals surface area contributed by atoms with Crippen LogP contribution >= 0.6 is 0 Å². The number of rotatable bonds is 6.